The summed E-state index contributed by atoms with van der Waals surface area (Å²) in [5.74, 6) is 0. The van der Waals surface area contributed by atoms with Gasteiger partial charge in [0.2, 0.25) is 0 Å². The van der Waals surface area contributed by atoms with Crippen LogP contribution in [0.25, 0.3) is 0 Å². The summed E-state index contributed by atoms with van der Waals surface area (Å²) in [6.07, 6.45) is 3.74. The second kappa shape index (κ2) is 5.66. The number of hydrogen-bond acceptors (Lipinski definition) is 2. The first kappa shape index (κ1) is 11.9. The molecule has 2 heteroatoms. The highest BCUT2D eigenvalue weighted by atomic mass is 16.3. The van der Waals surface area contributed by atoms with Crippen molar-refractivity contribution in [2.24, 2.45) is 0 Å². The molecule has 0 bridgehead atoms. The molecule has 1 unspecified atom stereocenters. The number of rotatable bonds is 5. The number of aryl methyl sites for hydroxylation is 1. The van der Waals surface area contributed by atoms with Gasteiger partial charge in [-0.1, -0.05) is 18.6 Å². The van der Waals surface area contributed by atoms with Crippen molar-refractivity contribution in [1.82, 2.24) is 4.98 Å². The molecule has 1 aromatic rings. The Morgan fingerprint density at radius 3 is 2.93 bits per heavy atom. The zero-order valence-corrected chi connectivity index (χ0v) is 9.53. The smallest absolute Gasteiger partial charge is 0.0965 e. The monoisotopic (exact) mass is 205 g/mol. The van der Waals surface area contributed by atoms with Gasteiger partial charge in [0.15, 0.2) is 0 Å². The molecule has 0 aliphatic rings. The SMILES string of the molecule is C=C(C)CCC(O)c1ncccc1CC. The molecule has 0 saturated carbocycles. The third-order valence-electron chi connectivity index (χ3n) is 2.47. The second-order valence-electron chi connectivity index (χ2n) is 3.91. The summed E-state index contributed by atoms with van der Waals surface area (Å²) in [5, 5.41) is 9.98. The molecular weight excluding hydrogens is 186 g/mol. The molecule has 0 aliphatic carbocycles. The van der Waals surface area contributed by atoms with Crippen molar-refractivity contribution in [3.63, 3.8) is 0 Å². The molecular formula is C13H19NO. The zero-order valence-electron chi connectivity index (χ0n) is 9.53. The molecule has 15 heavy (non-hydrogen) atoms. The normalized spacial score (nSPS) is 12.5. The number of aliphatic hydroxyl groups is 1. The van der Waals surface area contributed by atoms with Crippen molar-refractivity contribution >= 4 is 0 Å². The highest BCUT2D eigenvalue weighted by molar-refractivity contribution is 5.21. The standard InChI is InChI=1S/C13H19NO/c1-4-11-6-5-9-14-13(11)12(15)8-7-10(2)3/h5-6,9,12,15H,2,4,7-8H2,1,3H3. The van der Waals surface area contributed by atoms with Crippen LogP contribution in [0.15, 0.2) is 30.5 Å². The highest BCUT2D eigenvalue weighted by Gasteiger charge is 2.12. The first-order valence-corrected chi connectivity index (χ1v) is 5.41. The third kappa shape index (κ3) is 3.48. The Kier molecular flexibility index (Phi) is 4.50. The van der Waals surface area contributed by atoms with Crippen molar-refractivity contribution in [3.8, 4) is 0 Å². The molecule has 0 amide bonds. The molecule has 1 atom stereocenters. The van der Waals surface area contributed by atoms with Crippen molar-refractivity contribution < 1.29 is 5.11 Å². The predicted molar refractivity (Wildman–Crippen MR) is 62.6 cm³/mol. The van der Waals surface area contributed by atoms with E-state index in [1.807, 2.05) is 19.1 Å². The van der Waals surface area contributed by atoms with Crippen LogP contribution in [0.3, 0.4) is 0 Å². The Morgan fingerprint density at radius 1 is 1.60 bits per heavy atom. The number of allylic oxidation sites excluding steroid dienone is 1. The molecule has 0 aromatic carbocycles. The number of pyridine rings is 1. The number of nitrogens with zero attached hydrogens (tertiary/aromatic N) is 1. The van der Waals surface area contributed by atoms with E-state index in [1.165, 1.54) is 0 Å². The minimum atomic E-state index is -0.460. The van der Waals surface area contributed by atoms with Crippen LogP contribution >= 0.6 is 0 Å². The maximum absolute atomic E-state index is 9.98. The van der Waals surface area contributed by atoms with Gasteiger partial charge in [0.25, 0.3) is 0 Å². The van der Waals surface area contributed by atoms with Gasteiger partial charge in [-0.05, 0) is 37.8 Å². The van der Waals surface area contributed by atoms with E-state index in [2.05, 4.69) is 18.5 Å². The van der Waals surface area contributed by atoms with Crippen LogP contribution in [0.5, 0.6) is 0 Å². The molecule has 1 heterocycles. The van der Waals surface area contributed by atoms with Crippen LogP contribution in [0, 0.1) is 0 Å². The van der Waals surface area contributed by atoms with E-state index in [4.69, 9.17) is 0 Å². The first-order chi connectivity index (χ1) is 7.15. The maximum Gasteiger partial charge on any atom is 0.0965 e. The largest absolute Gasteiger partial charge is 0.387 e. The number of hydrogen-bond donors (Lipinski definition) is 1. The van der Waals surface area contributed by atoms with Crippen LogP contribution in [0.1, 0.15) is 44.1 Å². The van der Waals surface area contributed by atoms with E-state index in [0.717, 1.165) is 29.7 Å². The molecule has 0 fully saturated rings. The van der Waals surface area contributed by atoms with Gasteiger partial charge in [-0.15, -0.1) is 6.58 Å². The van der Waals surface area contributed by atoms with Crippen LogP contribution in [0.4, 0.5) is 0 Å². The molecule has 1 rings (SSSR count). The van der Waals surface area contributed by atoms with Gasteiger partial charge >= 0.3 is 0 Å². The average molecular weight is 205 g/mol. The second-order valence-corrected chi connectivity index (χ2v) is 3.91. The third-order valence-corrected chi connectivity index (χ3v) is 2.47. The van der Waals surface area contributed by atoms with Gasteiger partial charge < -0.3 is 5.11 Å². The van der Waals surface area contributed by atoms with Crippen molar-refractivity contribution in [2.75, 3.05) is 0 Å². The van der Waals surface area contributed by atoms with Gasteiger partial charge in [0.05, 0.1) is 11.8 Å². The maximum atomic E-state index is 9.98. The van der Waals surface area contributed by atoms with Gasteiger partial charge in [0.1, 0.15) is 0 Å². The topological polar surface area (TPSA) is 33.1 Å². The highest BCUT2D eigenvalue weighted by Crippen LogP contribution is 2.21. The van der Waals surface area contributed by atoms with Crippen LogP contribution < -0.4 is 0 Å². The number of aliphatic hydroxyl groups excluding tert-OH is 1. The van der Waals surface area contributed by atoms with E-state index in [0.29, 0.717) is 6.42 Å². The Hall–Kier alpha value is -1.15. The van der Waals surface area contributed by atoms with Crippen molar-refractivity contribution in [2.45, 2.75) is 39.2 Å². The Bertz CT molecular complexity index is 333. The van der Waals surface area contributed by atoms with E-state index >= 15 is 0 Å². The molecule has 2 nitrogen and oxygen atoms in total. The Balaban J connectivity index is 2.72. The summed E-state index contributed by atoms with van der Waals surface area (Å²) in [5.41, 5.74) is 3.05. The predicted octanol–water partition coefficient (Wildman–Crippen LogP) is 3.03. The van der Waals surface area contributed by atoms with Crippen molar-refractivity contribution in [3.05, 3.63) is 41.7 Å². The van der Waals surface area contributed by atoms with Gasteiger partial charge in [-0.25, -0.2) is 0 Å². The summed E-state index contributed by atoms with van der Waals surface area (Å²) >= 11 is 0. The van der Waals surface area contributed by atoms with Gasteiger partial charge in [0, 0.05) is 6.20 Å². The minimum Gasteiger partial charge on any atom is -0.387 e. The number of aromatic nitrogens is 1. The molecule has 0 aliphatic heterocycles. The molecule has 82 valence electrons. The molecule has 1 aromatic heterocycles. The average Bonchev–Trinajstić information content (AvgIpc) is 2.25. The fourth-order valence-corrected chi connectivity index (χ4v) is 1.57. The summed E-state index contributed by atoms with van der Waals surface area (Å²) in [6, 6.07) is 3.93. The fourth-order valence-electron chi connectivity index (χ4n) is 1.57. The van der Waals surface area contributed by atoms with E-state index in [-0.39, 0.29) is 0 Å². The fraction of sp³-hybridized carbons (Fsp3) is 0.462. The molecule has 0 spiro atoms. The van der Waals surface area contributed by atoms with Crippen LogP contribution in [-0.2, 0) is 6.42 Å². The zero-order chi connectivity index (χ0) is 11.3. The molecule has 0 radical (unpaired) electrons. The molecule has 0 saturated heterocycles. The van der Waals surface area contributed by atoms with E-state index < -0.39 is 6.10 Å². The first-order valence-electron chi connectivity index (χ1n) is 5.41. The summed E-state index contributed by atoms with van der Waals surface area (Å²) in [4.78, 5) is 4.25. The lowest BCUT2D eigenvalue weighted by molar-refractivity contribution is 0.162. The summed E-state index contributed by atoms with van der Waals surface area (Å²) in [7, 11) is 0. The van der Waals surface area contributed by atoms with E-state index in [9.17, 15) is 5.11 Å². The lowest BCUT2D eigenvalue weighted by Gasteiger charge is -2.13. The lowest BCUT2D eigenvalue weighted by Crippen LogP contribution is -2.04. The van der Waals surface area contributed by atoms with Gasteiger partial charge in [-0.3, -0.25) is 4.98 Å². The van der Waals surface area contributed by atoms with E-state index in [1.54, 1.807) is 6.20 Å². The van der Waals surface area contributed by atoms with Gasteiger partial charge in [-0.2, -0.15) is 0 Å². The minimum absolute atomic E-state index is 0.460. The quantitative estimate of drug-likeness (QED) is 0.749. The van der Waals surface area contributed by atoms with Crippen LogP contribution in [0.2, 0.25) is 0 Å². The van der Waals surface area contributed by atoms with Crippen molar-refractivity contribution in [1.29, 1.82) is 0 Å². The lowest BCUT2D eigenvalue weighted by atomic mass is 10.0. The Morgan fingerprint density at radius 2 is 2.33 bits per heavy atom. The summed E-state index contributed by atoms with van der Waals surface area (Å²) in [6.45, 7) is 7.89. The molecule has 1 N–H and O–H groups in total. The van der Waals surface area contributed by atoms with Crippen LogP contribution in [-0.4, -0.2) is 10.1 Å². The summed E-state index contributed by atoms with van der Waals surface area (Å²) < 4.78 is 0. The Labute approximate surface area is 91.7 Å².